The molecule has 0 spiro atoms. The number of alkyl halides is 5. The molecule has 3 rings (SSSR count). The van der Waals surface area contributed by atoms with Crippen molar-refractivity contribution in [1.29, 1.82) is 0 Å². The van der Waals surface area contributed by atoms with Gasteiger partial charge in [-0.1, -0.05) is 0 Å². The zero-order chi connectivity index (χ0) is 21.2. The average molecular weight is 414 g/mol. The highest BCUT2D eigenvalue weighted by atomic mass is 19.4. The number of pyridine rings is 1. The van der Waals surface area contributed by atoms with Crippen LogP contribution < -0.4 is 10.6 Å². The van der Waals surface area contributed by atoms with Gasteiger partial charge >= 0.3 is 6.18 Å². The van der Waals surface area contributed by atoms with Gasteiger partial charge in [-0.25, -0.2) is 18.8 Å². The number of halogens is 5. The Bertz CT molecular complexity index is 979. The standard InChI is InChI=1S/C17H15F5N6O/c1-28-7-12(14(27-28)15(18)19)26-16(29)11-3-2-10(25-11)9-4-5-23-13(6-9)24-8-17(20,21)22/h3-7,15H,2,8H2,1H3,(H,23,24)(H,26,29). The SMILES string of the molecule is Cn1cc(NC(=O)C2=CCC(c3ccnc(NCC(F)(F)F)c3)=N2)c(C(F)F)n1. The minimum atomic E-state index is -4.39. The summed E-state index contributed by atoms with van der Waals surface area (Å²) in [6, 6.07) is 2.93. The molecule has 0 saturated carbocycles. The summed E-state index contributed by atoms with van der Waals surface area (Å²) >= 11 is 0. The van der Waals surface area contributed by atoms with Gasteiger partial charge in [0.1, 0.15) is 18.1 Å². The molecule has 0 unspecified atom stereocenters. The van der Waals surface area contributed by atoms with Crippen molar-refractivity contribution in [2.24, 2.45) is 12.0 Å². The summed E-state index contributed by atoms with van der Waals surface area (Å²) in [6.07, 6.45) is -2.94. The molecule has 1 aliphatic rings. The van der Waals surface area contributed by atoms with Gasteiger partial charge in [0, 0.05) is 31.4 Å². The quantitative estimate of drug-likeness (QED) is 0.710. The number of aromatic nitrogens is 3. The molecule has 12 heteroatoms. The Kier molecular flexibility index (Phi) is 5.62. The lowest BCUT2D eigenvalue weighted by Crippen LogP contribution is -2.21. The number of aryl methyl sites for hydroxylation is 1. The lowest BCUT2D eigenvalue weighted by molar-refractivity contribution is -0.115. The molecule has 1 amide bonds. The van der Waals surface area contributed by atoms with Crippen molar-refractivity contribution in [1.82, 2.24) is 14.8 Å². The van der Waals surface area contributed by atoms with Gasteiger partial charge in [-0.3, -0.25) is 9.48 Å². The Morgan fingerprint density at radius 3 is 2.79 bits per heavy atom. The predicted octanol–water partition coefficient (Wildman–Crippen LogP) is 3.44. The molecule has 0 atom stereocenters. The maximum Gasteiger partial charge on any atom is 0.405 e. The van der Waals surface area contributed by atoms with Gasteiger partial charge in [0.15, 0.2) is 5.69 Å². The van der Waals surface area contributed by atoms with Crippen molar-refractivity contribution in [3.63, 3.8) is 0 Å². The van der Waals surface area contributed by atoms with E-state index in [2.05, 4.69) is 25.7 Å². The molecular weight excluding hydrogens is 399 g/mol. The Morgan fingerprint density at radius 2 is 2.10 bits per heavy atom. The second kappa shape index (κ2) is 7.97. The van der Waals surface area contributed by atoms with E-state index in [4.69, 9.17) is 0 Å². The first-order valence-corrected chi connectivity index (χ1v) is 8.30. The van der Waals surface area contributed by atoms with Crippen LogP contribution in [-0.2, 0) is 11.8 Å². The fourth-order valence-electron chi connectivity index (χ4n) is 2.60. The zero-order valence-electron chi connectivity index (χ0n) is 15.0. The monoisotopic (exact) mass is 414 g/mol. The Balaban J connectivity index is 1.71. The Labute approximate surface area is 161 Å². The molecule has 0 saturated heterocycles. The number of hydrogen-bond donors (Lipinski definition) is 2. The second-order valence-corrected chi connectivity index (χ2v) is 6.11. The zero-order valence-corrected chi connectivity index (χ0v) is 15.0. The van der Waals surface area contributed by atoms with E-state index in [1.807, 2.05) is 0 Å². The molecule has 29 heavy (non-hydrogen) atoms. The van der Waals surface area contributed by atoms with Gasteiger partial charge in [0.25, 0.3) is 12.3 Å². The number of nitrogens with one attached hydrogen (secondary N) is 2. The second-order valence-electron chi connectivity index (χ2n) is 6.11. The van der Waals surface area contributed by atoms with Crippen LogP contribution in [-0.4, -0.2) is 39.1 Å². The van der Waals surface area contributed by atoms with Crippen molar-refractivity contribution in [3.8, 4) is 0 Å². The third-order valence-corrected chi connectivity index (χ3v) is 3.85. The normalized spacial score (nSPS) is 14.0. The number of hydrogen-bond acceptors (Lipinski definition) is 5. The lowest BCUT2D eigenvalue weighted by Gasteiger charge is -2.09. The van der Waals surface area contributed by atoms with Crippen LogP contribution in [0.3, 0.4) is 0 Å². The minimum absolute atomic E-state index is 0.00526. The highest BCUT2D eigenvalue weighted by Crippen LogP contribution is 2.26. The van der Waals surface area contributed by atoms with E-state index < -0.39 is 30.7 Å². The molecular formula is C17H15F5N6O. The third-order valence-electron chi connectivity index (χ3n) is 3.85. The largest absolute Gasteiger partial charge is 0.405 e. The van der Waals surface area contributed by atoms with Gasteiger partial charge in [0.05, 0.1) is 11.4 Å². The van der Waals surface area contributed by atoms with E-state index in [9.17, 15) is 26.7 Å². The summed E-state index contributed by atoms with van der Waals surface area (Å²) in [5.41, 5.74) is 0.245. The van der Waals surface area contributed by atoms with Gasteiger partial charge in [0.2, 0.25) is 0 Å². The third kappa shape index (κ3) is 5.15. The first-order valence-electron chi connectivity index (χ1n) is 8.30. The maximum absolute atomic E-state index is 13.0. The van der Waals surface area contributed by atoms with Crippen LogP contribution in [0.5, 0.6) is 0 Å². The summed E-state index contributed by atoms with van der Waals surface area (Å²) in [5.74, 6) is -0.684. The molecule has 2 aromatic rings. The summed E-state index contributed by atoms with van der Waals surface area (Å²) in [4.78, 5) is 20.3. The molecule has 2 aromatic heterocycles. The fourth-order valence-corrected chi connectivity index (χ4v) is 2.60. The highest BCUT2D eigenvalue weighted by molar-refractivity contribution is 6.12. The number of anilines is 2. The van der Waals surface area contributed by atoms with Crippen molar-refractivity contribution in [2.75, 3.05) is 17.2 Å². The molecule has 1 aliphatic heterocycles. The van der Waals surface area contributed by atoms with Crippen molar-refractivity contribution in [3.05, 3.63) is 47.6 Å². The van der Waals surface area contributed by atoms with Gasteiger partial charge in [-0.05, 0) is 18.2 Å². The summed E-state index contributed by atoms with van der Waals surface area (Å²) < 4.78 is 64.1. The first-order chi connectivity index (χ1) is 13.6. The number of carbonyl (C=O) groups excluding carboxylic acids is 1. The van der Waals surface area contributed by atoms with Crippen molar-refractivity contribution >= 4 is 23.1 Å². The van der Waals surface area contributed by atoms with E-state index >= 15 is 0 Å². The molecule has 0 bridgehead atoms. The number of carbonyl (C=O) groups is 1. The molecule has 154 valence electrons. The van der Waals surface area contributed by atoms with Crippen molar-refractivity contribution < 1.29 is 26.7 Å². The van der Waals surface area contributed by atoms with Crippen LogP contribution in [0.15, 0.2) is 41.3 Å². The van der Waals surface area contributed by atoms with E-state index in [0.29, 0.717) is 11.3 Å². The van der Waals surface area contributed by atoms with Crippen LogP contribution in [0.2, 0.25) is 0 Å². The van der Waals surface area contributed by atoms with E-state index in [1.54, 1.807) is 6.07 Å². The average Bonchev–Trinajstić information content (AvgIpc) is 3.27. The van der Waals surface area contributed by atoms with E-state index in [-0.39, 0.29) is 23.6 Å². The summed E-state index contributed by atoms with van der Waals surface area (Å²) in [6.45, 7) is -1.24. The molecule has 0 aromatic carbocycles. The molecule has 7 nitrogen and oxygen atoms in total. The van der Waals surface area contributed by atoms with Crippen molar-refractivity contribution in [2.45, 2.75) is 19.0 Å². The van der Waals surface area contributed by atoms with Gasteiger partial charge in [-0.15, -0.1) is 0 Å². The number of amides is 1. The summed E-state index contributed by atoms with van der Waals surface area (Å²) in [5, 5.41) is 8.11. The van der Waals surface area contributed by atoms with Crippen LogP contribution in [0.25, 0.3) is 0 Å². The molecule has 3 heterocycles. The van der Waals surface area contributed by atoms with Gasteiger partial charge < -0.3 is 10.6 Å². The number of rotatable bonds is 6. The summed E-state index contributed by atoms with van der Waals surface area (Å²) in [7, 11) is 1.44. The molecule has 0 fully saturated rings. The number of aliphatic imine (C=N–C) groups is 1. The van der Waals surface area contributed by atoms with E-state index in [0.717, 1.165) is 4.68 Å². The smallest absolute Gasteiger partial charge is 0.361 e. The predicted molar refractivity (Wildman–Crippen MR) is 94.8 cm³/mol. The fraction of sp³-hybridized carbons (Fsp3) is 0.294. The molecule has 2 N–H and O–H groups in total. The van der Waals surface area contributed by atoms with Crippen LogP contribution in [0.1, 0.15) is 24.1 Å². The minimum Gasteiger partial charge on any atom is -0.361 e. The lowest BCUT2D eigenvalue weighted by atomic mass is 10.1. The van der Waals surface area contributed by atoms with E-state index in [1.165, 1.54) is 31.6 Å². The number of nitrogens with zero attached hydrogens (tertiary/aromatic N) is 4. The topological polar surface area (TPSA) is 84.2 Å². The Hall–Kier alpha value is -3.31. The van der Waals surface area contributed by atoms with Crippen LogP contribution in [0.4, 0.5) is 33.5 Å². The molecule has 0 aliphatic carbocycles. The molecule has 0 radical (unpaired) electrons. The van der Waals surface area contributed by atoms with Gasteiger partial charge in [-0.2, -0.15) is 18.3 Å². The number of allylic oxidation sites excluding steroid dienone is 1. The van der Waals surface area contributed by atoms with Crippen LogP contribution in [0, 0.1) is 0 Å². The maximum atomic E-state index is 13.0. The first kappa shape index (κ1) is 20.4. The highest BCUT2D eigenvalue weighted by Gasteiger charge is 2.27. The van der Waals surface area contributed by atoms with Crippen LogP contribution >= 0.6 is 0 Å². The Morgan fingerprint density at radius 1 is 1.34 bits per heavy atom.